The summed E-state index contributed by atoms with van der Waals surface area (Å²) in [6, 6.07) is 4.79. The Balaban J connectivity index is 2.62. The minimum absolute atomic E-state index is 0.0503. The molecule has 0 bridgehead atoms. The van der Waals surface area contributed by atoms with E-state index in [0.717, 1.165) is 0 Å². The van der Waals surface area contributed by atoms with Gasteiger partial charge in [-0.05, 0) is 19.1 Å². The normalized spacial score (nSPS) is 10.2. The summed E-state index contributed by atoms with van der Waals surface area (Å²) in [5.41, 5.74) is 11.4. The molecular weight excluding hydrogens is 260 g/mol. The van der Waals surface area contributed by atoms with Gasteiger partial charge in [0.1, 0.15) is 23.5 Å². The molecule has 0 aliphatic rings. The van der Waals surface area contributed by atoms with Gasteiger partial charge < -0.3 is 21.2 Å². The zero-order valence-electron chi connectivity index (χ0n) is 10.8. The number of nitrogens with two attached hydrogens (primary N) is 2. The lowest BCUT2D eigenvalue weighted by Gasteiger charge is -2.11. The molecule has 0 spiro atoms. The molecule has 20 heavy (non-hydrogen) atoms. The van der Waals surface area contributed by atoms with Gasteiger partial charge in [-0.25, -0.2) is 4.98 Å². The van der Waals surface area contributed by atoms with Crippen LogP contribution >= 0.6 is 0 Å². The number of aldehydes is 1. The van der Waals surface area contributed by atoms with Gasteiger partial charge in [-0.3, -0.25) is 9.59 Å². The number of rotatable bonds is 4. The lowest BCUT2D eigenvalue weighted by atomic mass is 10.1. The topological polar surface area (TPSA) is 124 Å². The summed E-state index contributed by atoms with van der Waals surface area (Å²) in [6.07, 6.45) is 0.708. The van der Waals surface area contributed by atoms with Gasteiger partial charge in [0.2, 0.25) is 0 Å². The van der Waals surface area contributed by atoms with Crippen molar-refractivity contribution < 1.29 is 9.53 Å². The van der Waals surface area contributed by atoms with Crippen LogP contribution in [0.25, 0.3) is 11.4 Å². The second-order valence-corrected chi connectivity index (χ2v) is 4.02. The second-order valence-electron chi connectivity index (χ2n) is 4.02. The van der Waals surface area contributed by atoms with Crippen LogP contribution in [-0.2, 0) is 0 Å². The molecule has 7 nitrogen and oxygen atoms in total. The van der Waals surface area contributed by atoms with E-state index in [2.05, 4.69) is 9.97 Å². The third-order valence-corrected chi connectivity index (χ3v) is 2.68. The van der Waals surface area contributed by atoms with E-state index in [1.54, 1.807) is 18.2 Å². The predicted molar refractivity (Wildman–Crippen MR) is 75.7 cm³/mol. The molecule has 0 saturated carbocycles. The van der Waals surface area contributed by atoms with Gasteiger partial charge in [-0.2, -0.15) is 0 Å². The first kappa shape index (κ1) is 13.6. The van der Waals surface area contributed by atoms with Gasteiger partial charge in [-0.15, -0.1) is 0 Å². The highest BCUT2D eigenvalue weighted by Crippen LogP contribution is 2.28. The Bertz CT molecular complexity index is 709. The van der Waals surface area contributed by atoms with Gasteiger partial charge in [0.05, 0.1) is 12.2 Å². The van der Waals surface area contributed by atoms with E-state index in [0.29, 0.717) is 29.8 Å². The molecule has 1 aromatic carbocycles. The fourth-order valence-corrected chi connectivity index (χ4v) is 1.71. The first-order valence-electron chi connectivity index (χ1n) is 5.94. The first-order valence-corrected chi connectivity index (χ1v) is 5.94. The Morgan fingerprint density at radius 1 is 1.40 bits per heavy atom. The largest absolute Gasteiger partial charge is 0.493 e. The summed E-state index contributed by atoms with van der Waals surface area (Å²) in [7, 11) is 0. The van der Waals surface area contributed by atoms with Crippen LogP contribution in [0, 0.1) is 0 Å². The van der Waals surface area contributed by atoms with E-state index in [1.165, 1.54) is 0 Å². The Morgan fingerprint density at radius 3 is 2.75 bits per heavy atom. The summed E-state index contributed by atoms with van der Waals surface area (Å²) in [6.45, 7) is 2.22. The first-order chi connectivity index (χ1) is 9.56. The fraction of sp³-hybridized carbons (Fsp3) is 0.154. The summed E-state index contributed by atoms with van der Waals surface area (Å²) < 4.78 is 5.45. The monoisotopic (exact) mass is 274 g/mol. The maximum absolute atomic E-state index is 11.6. The number of ether oxygens (including phenoxy) is 1. The van der Waals surface area contributed by atoms with Crippen LogP contribution in [0.1, 0.15) is 17.3 Å². The molecule has 0 aliphatic carbocycles. The molecule has 0 aliphatic heterocycles. The number of nitrogens with one attached hydrogen (secondary N) is 1. The number of nitrogens with zero attached hydrogens (tertiary/aromatic N) is 1. The van der Waals surface area contributed by atoms with Crippen LogP contribution in [0.3, 0.4) is 0 Å². The van der Waals surface area contributed by atoms with Crippen LogP contribution in [-0.4, -0.2) is 22.9 Å². The van der Waals surface area contributed by atoms with E-state index >= 15 is 0 Å². The Labute approximate surface area is 114 Å². The summed E-state index contributed by atoms with van der Waals surface area (Å²) in [5, 5.41) is 0. The Morgan fingerprint density at radius 2 is 2.15 bits per heavy atom. The van der Waals surface area contributed by atoms with Crippen molar-refractivity contribution in [3.8, 4) is 17.1 Å². The van der Waals surface area contributed by atoms with Gasteiger partial charge in [0, 0.05) is 5.56 Å². The third kappa shape index (κ3) is 2.46. The number of benzene rings is 1. The van der Waals surface area contributed by atoms with E-state index in [4.69, 9.17) is 16.2 Å². The number of aromatic nitrogens is 2. The molecule has 0 unspecified atom stereocenters. The standard InChI is InChI=1S/C13H14N4O3/c1-2-20-9-5-7(6-18)3-4-8(9)12-16-11(15)10(14)13(19)17-12/h3-6H,2,14H2,1H3,(H3,15,16,17,19). The van der Waals surface area contributed by atoms with Crippen molar-refractivity contribution in [3.63, 3.8) is 0 Å². The molecule has 7 heteroatoms. The lowest BCUT2D eigenvalue weighted by Crippen LogP contribution is -2.17. The molecule has 1 aromatic heterocycles. The molecule has 2 aromatic rings. The number of H-pyrrole nitrogens is 1. The molecule has 104 valence electrons. The van der Waals surface area contributed by atoms with Crippen molar-refractivity contribution in [2.45, 2.75) is 6.92 Å². The van der Waals surface area contributed by atoms with Gasteiger partial charge in [0.15, 0.2) is 5.82 Å². The highest BCUT2D eigenvalue weighted by Gasteiger charge is 2.12. The molecule has 0 saturated heterocycles. The minimum Gasteiger partial charge on any atom is -0.493 e. The zero-order valence-corrected chi connectivity index (χ0v) is 10.8. The van der Waals surface area contributed by atoms with Crippen molar-refractivity contribution in [3.05, 3.63) is 34.1 Å². The quantitative estimate of drug-likeness (QED) is 0.709. The number of aromatic amines is 1. The van der Waals surface area contributed by atoms with E-state index < -0.39 is 5.56 Å². The molecule has 5 N–H and O–H groups in total. The average Bonchev–Trinajstić information content (AvgIpc) is 2.44. The summed E-state index contributed by atoms with van der Waals surface area (Å²) in [4.78, 5) is 29.0. The number of nitrogen functional groups attached to an aromatic ring is 2. The number of anilines is 2. The van der Waals surface area contributed by atoms with Gasteiger partial charge in [-0.1, -0.05) is 6.07 Å². The number of carbonyl (C=O) groups excluding carboxylic acids is 1. The number of carbonyl (C=O) groups is 1. The maximum Gasteiger partial charge on any atom is 0.276 e. The van der Waals surface area contributed by atoms with Crippen molar-refractivity contribution in [1.82, 2.24) is 9.97 Å². The van der Waals surface area contributed by atoms with Crippen LogP contribution in [0.5, 0.6) is 5.75 Å². The van der Waals surface area contributed by atoms with Crippen LogP contribution in [0.2, 0.25) is 0 Å². The van der Waals surface area contributed by atoms with Gasteiger partial charge in [0.25, 0.3) is 5.56 Å². The van der Waals surface area contributed by atoms with Crippen LogP contribution in [0.15, 0.2) is 23.0 Å². The predicted octanol–water partition coefficient (Wildman–Crippen LogP) is 0.812. The Kier molecular flexibility index (Phi) is 3.69. The molecule has 0 radical (unpaired) electrons. The zero-order chi connectivity index (χ0) is 14.7. The summed E-state index contributed by atoms with van der Waals surface area (Å²) in [5.74, 6) is 0.623. The number of hydrogen-bond acceptors (Lipinski definition) is 6. The lowest BCUT2D eigenvalue weighted by molar-refractivity contribution is 0.112. The highest BCUT2D eigenvalue weighted by molar-refractivity contribution is 5.79. The van der Waals surface area contributed by atoms with Crippen molar-refractivity contribution in [2.75, 3.05) is 18.1 Å². The Hall–Kier alpha value is -2.83. The highest BCUT2D eigenvalue weighted by atomic mass is 16.5. The molecule has 0 fully saturated rings. The minimum atomic E-state index is -0.519. The van der Waals surface area contributed by atoms with E-state index in [1.807, 2.05) is 6.92 Å². The number of hydrogen-bond donors (Lipinski definition) is 3. The third-order valence-electron chi connectivity index (χ3n) is 2.68. The second kappa shape index (κ2) is 5.43. The van der Waals surface area contributed by atoms with Crippen LogP contribution < -0.4 is 21.8 Å². The molecule has 1 heterocycles. The fourth-order valence-electron chi connectivity index (χ4n) is 1.71. The van der Waals surface area contributed by atoms with E-state index in [-0.39, 0.29) is 17.3 Å². The summed E-state index contributed by atoms with van der Waals surface area (Å²) >= 11 is 0. The van der Waals surface area contributed by atoms with Crippen molar-refractivity contribution in [1.29, 1.82) is 0 Å². The molecule has 2 rings (SSSR count). The van der Waals surface area contributed by atoms with Crippen molar-refractivity contribution in [2.24, 2.45) is 0 Å². The average molecular weight is 274 g/mol. The smallest absolute Gasteiger partial charge is 0.276 e. The van der Waals surface area contributed by atoms with E-state index in [9.17, 15) is 9.59 Å². The van der Waals surface area contributed by atoms with Crippen molar-refractivity contribution >= 4 is 17.8 Å². The van der Waals surface area contributed by atoms with Crippen LogP contribution in [0.4, 0.5) is 11.5 Å². The molecular formula is C13H14N4O3. The maximum atomic E-state index is 11.6. The van der Waals surface area contributed by atoms with Gasteiger partial charge >= 0.3 is 0 Å². The molecule has 0 amide bonds. The molecule has 0 atom stereocenters. The SMILES string of the molecule is CCOc1cc(C=O)ccc1-c1nc(N)c(N)c(=O)[nH]1.